The molecule has 0 aliphatic heterocycles. The van der Waals surface area contributed by atoms with E-state index in [0.717, 1.165) is 11.3 Å². The van der Waals surface area contributed by atoms with Gasteiger partial charge in [-0.15, -0.1) is 11.3 Å². The van der Waals surface area contributed by atoms with Crippen molar-refractivity contribution in [3.05, 3.63) is 45.9 Å². The van der Waals surface area contributed by atoms with Crippen molar-refractivity contribution >= 4 is 48.9 Å². The highest BCUT2D eigenvalue weighted by molar-refractivity contribution is 7.93. The van der Waals surface area contributed by atoms with Crippen LogP contribution in [0.5, 0.6) is 0 Å². The van der Waals surface area contributed by atoms with Gasteiger partial charge in [0.05, 0.1) is 20.2 Å². The third-order valence-corrected chi connectivity index (χ3v) is 6.14. The summed E-state index contributed by atoms with van der Waals surface area (Å²) < 4.78 is 79.9. The fourth-order valence-electron chi connectivity index (χ4n) is 2.25. The lowest BCUT2D eigenvalue weighted by molar-refractivity contribution is 0.147. The van der Waals surface area contributed by atoms with Crippen LogP contribution in [0.1, 0.15) is 5.56 Å². The number of hydrogen-bond acceptors (Lipinski definition) is 3. The molecule has 11 heteroatoms. The van der Waals surface area contributed by atoms with E-state index in [-0.39, 0.29) is 4.90 Å². The standard InChI is InChI=1S/C14H9ClF4N2O2S2/c15-12-4-10-14(24-12)11(5-20-10)25(22,23)21-9-3-7(16)6(1-8(9)17)2-13(18)19/h1,3-5,13,20-21H,2H2. The minimum Gasteiger partial charge on any atom is -0.359 e. The number of rotatable bonds is 5. The van der Waals surface area contributed by atoms with Crippen LogP contribution in [0.15, 0.2) is 29.3 Å². The zero-order valence-corrected chi connectivity index (χ0v) is 14.5. The summed E-state index contributed by atoms with van der Waals surface area (Å²) in [6.45, 7) is 0. The number of sulfonamides is 1. The van der Waals surface area contributed by atoms with E-state index < -0.39 is 45.8 Å². The molecule has 1 aromatic carbocycles. The maximum atomic E-state index is 14.0. The average Bonchev–Trinajstić information content (AvgIpc) is 3.02. The Hall–Kier alpha value is -1.78. The molecule has 4 nitrogen and oxygen atoms in total. The molecule has 3 rings (SSSR count). The zero-order valence-electron chi connectivity index (χ0n) is 12.1. The van der Waals surface area contributed by atoms with Gasteiger partial charge in [0.25, 0.3) is 10.0 Å². The highest BCUT2D eigenvalue weighted by atomic mass is 35.5. The maximum absolute atomic E-state index is 14.0. The van der Waals surface area contributed by atoms with E-state index >= 15 is 0 Å². The molecule has 0 saturated carbocycles. The number of aromatic nitrogens is 1. The number of hydrogen-bond donors (Lipinski definition) is 2. The third-order valence-electron chi connectivity index (χ3n) is 3.33. The Balaban J connectivity index is 1.97. The fraction of sp³-hybridized carbons (Fsp3) is 0.143. The summed E-state index contributed by atoms with van der Waals surface area (Å²) >= 11 is 6.83. The number of anilines is 1. The van der Waals surface area contributed by atoms with E-state index in [9.17, 15) is 26.0 Å². The van der Waals surface area contributed by atoms with Crippen LogP contribution in [-0.2, 0) is 16.4 Å². The number of alkyl halides is 2. The van der Waals surface area contributed by atoms with Gasteiger partial charge in [-0.05, 0) is 17.7 Å². The molecule has 0 fully saturated rings. The van der Waals surface area contributed by atoms with Crippen LogP contribution < -0.4 is 4.72 Å². The van der Waals surface area contributed by atoms with Gasteiger partial charge >= 0.3 is 0 Å². The Bertz CT molecular complexity index is 1050. The molecule has 25 heavy (non-hydrogen) atoms. The normalized spacial score (nSPS) is 12.2. The first kappa shape index (κ1) is 18.0. The Morgan fingerprint density at radius 3 is 2.60 bits per heavy atom. The number of H-pyrrole nitrogens is 1. The first-order chi connectivity index (χ1) is 11.7. The Kier molecular flexibility index (Phi) is 4.69. The molecule has 0 amide bonds. The Morgan fingerprint density at radius 2 is 1.92 bits per heavy atom. The first-order valence-electron chi connectivity index (χ1n) is 6.72. The number of aromatic amines is 1. The first-order valence-corrected chi connectivity index (χ1v) is 9.40. The van der Waals surface area contributed by atoms with Gasteiger partial charge in [-0.2, -0.15) is 0 Å². The lowest BCUT2D eigenvalue weighted by atomic mass is 10.1. The predicted octanol–water partition coefficient (Wildman–Crippen LogP) is 4.77. The van der Waals surface area contributed by atoms with Crippen LogP contribution >= 0.6 is 22.9 Å². The average molecular weight is 413 g/mol. The summed E-state index contributed by atoms with van der Waals surface area (Å²) in [5, 5.41) is 0. The molecule has 2 N–H and O–H groups in total. The quantitative estimate of drug-likeness (QED) is 0.593. The number of fused-ring (bicyclic) bond motifs is 1. The van der Waals surface area contributed by atoms with Gasteiger partial charge in [0.1, 0.15) is 16.5 Å². The summed E-state index contributed by atoms with van der Waals surface area (Å²) in [7, 11) is -4.24. The molecule has 2 aromatic heterocycles. The van der Waals surface area contributed by atoms with Crippen molar-refractivity contribution in [1.29, 1.82) is 0 Å². The number of thiophene rings is 1. The molecule has 0 unspecified atom stereocenters. The van der Waals surface area contributed by atoms with Crippen molar-refractivity contribution < 1.29 is 26.0 Å². The number of nitrogens with one attached hydrogen (secondary N) is 2. The van der Waals surface area contributed by atoms with Gasteiger partial charge < -0.3 is 4.98 Å². The minimum absolute atomic E-state index is 0.184. The molecule has 0 bridgehead atoms. The molecule has 0 saturated heterocycles. The van der Waals surface area contributed by atoms with Crippen molar-refractivity contribution in [1.82, 2.24) is 4.98 Å². The molecule has 0 aliphatic carbocycles. The zero-order chi connectivity index (χ0) is 18.4. The van der Waals surface area contributed by atoms with Crippen molar-refractivity contribution in [2.75, 3.05) is 4.72 Å². The van der Waals surface area contributed by atoms with Crippen LogP contribution in [-0.4, -0.2) is 19.8 Å². The second-order valence-corrected chi connectivity index (χ2v) is 8.40. The van der Waals surface area contributed by atoms with Crippen LogP contribution in [0.25, 0.3) is 10.2 Å². The smallest absolute Gasteiger partial charge is 0.264 e. The predicted molar refractivity (Wildman–Crippen MR) is 88.1 cm³/mol. The van der Waals surface area contributed by atoms with Gasteiger partial charge in [-0.25, -0.2) is 26.0 Å². The van der Waals surface area contributed by atoms with Crippen molar-refractivity contribution in [3.63, 3.8) is 0 Å². The van der Waals surface area contributed by atoms with Crippen molar-refractivity contribution in [2.45, 2.75) is 17.7 Å². The largest absolute Gasteiger partial charge is 0.359 e. The Labute approximate surface area is 148 Å². The third kappa shape index (κ3) is 3.60. The lowest BCUT2D eigenvalue weighted by Gasteiger charge is -2.10. The topological polar surface area (TPSA) is 62.0 Å². The van der Waals surface area contributed by atoms with Crippen LogP contribution in [0, 0.1) is 11.6 Å². The van der Waals surface area contributed by atoms with Gasteiger partial charge in [-0.1, -0.05) is 11.6 Å². The van der Waals surface area contributed by atoms with E-state index in [0.29, 0.717) is 26.7 Å². The summed E-state index contributed by atoms with van der Waals surface area (Å²) in [5.41, 5.74) is -0.730. The molecular weight excluding hydrogens is 404 g/mol. The van der Waals surface area contributed by atoms with Gasteiger partial charge in [0, 0.05) is 18.7 Å². The van der Waals surface area contributed by atoms with E-state index in [1.165, 1.54) is 12.3 Å². The van der Waals surface area contributed by atoms with Gasteiger partial charge in [0.15, 0.2) is 0 Å². The number of benzene rings is 1. The van der Waals surface area contributed by atoms with E-state index in [2.05, 4.69) is 4.98 Å². The van der Waals surface area contributed by atoms with Crippen LogP contribution in [0.3, 0.4) is 0 Å². The summed E-state index contributed by atoms with van der Waals surface area (Å²) in [6, 6.07) is 2.61. The molecule has 0 spiro atoms. The SMILES string of the molecule is O=S(=O)(Nc1cc(F)c(CC(F)F)cc1F)c1c[nH]c2cc(Cl)sc12. The summed E-state index contributed by atoms with van der Waals surface area (Å²) in [6.07, 6.45) is -2.63. The van der Waals surface area contributed by atoms with E-state index in [1.807, 2.05) is 4.72 Å². The maximum Gasteiger partial charge on any atom is 0.264 e. The molecule has 3 aromatic rings. The molecule has 0 aliphatic rings. The number of halogens is 5. The lowest BCUT2D eigenvalue weighted by Crippen LogP contribution is -2.14. The van der Waals surface area contributed by atoms with Crippen molar-refractivity contribution in [2.24, 2.45) is 0 Å². The van der Waals surface area contributed by atoms with Gasteiger partial charge in [-0.3, -0.25) is 4.72 Å². The highest BCUT2D eigenvalue weighted by Gasteiger charge is 2.23. The monoisotopic (exact) mass is 412 g/mol. The van der Waals surface area contributed by atoms with Crippen LogP contribution in [0.2, 0.25) is 4.34 Å². The molecule has 2 heterocycles. The van der Waals surface area contributed by atoms with Gasteiger partial charge in [0.2, 0.25) is 6.43 Å². The van der Waals surface area contributed by atoms with Crippen molar-refractivity contribution in [3.8, 4) is 0 Å². The molecule has 134 valence electrons. The highest BCUT2D eigenvalue weighted by Crippen LogP contribution is 2.35. The summed E-state index contributed by atoms with van der Waals surface area (Å²) in [5.74, 6) is -2.28. The Morgan fingerprint density at radius 1 is 1.20 bits per heavy atom. The molecule has 0 radical (unpaired) electrons. The molecular formula is C14H9ClF4N2O2S2. The minimum atomic E-state index is -4.24. The fourth-order valence-corrected chi connectivity index (χ4v) is 4.93. The second kappa shape index (κ2) is 6.50. The molecule has 0 atom stereocenters. The van der Waals surface area contributed by atoms with E-state index in [4.69, 9.17) is 11.6 Å². The summed E-state index contributed by atoms with van der Waals surface area (Å²) in [4.78, 5) is 2.53. The second-order valence-electron chi connectivity index (χ2n) is 5.07. The van der Waals surface area contributed by atoms with Crippen LogP contribution in [0.4, 0.5) is 23.2 Å². The van der Waals surface area contributed by atoms with E-state index in [1.54, 1.807) is 0 Å².